The first-order valence-corrected chi connectivity index (χ1v) is 8.21. The van der Waals surface area contributed by atoms with E-state index < -0.39 is 0 Å². The van der Waals surface area contributed by atoms with Crippen LogP contribution in [0.1, 0.15) is 52.1 Å². The lowest BCUT2D eigenvalue weighted by Gasteiger charge is -2.29. The van der Waals surface area contributed by atoms with E-state index in [4.69, 9.17) is 0 Å². The van der Waals surface area contributed by atoms with Crippen LogP contribution < -0.4 is 10.2 Å². The van der Waals surface area contributed by atoms with Crippen LogP contribution in [0.25, 0.3) is 0 Å². The normalized spacial score (nSPS) is 12.5. The monoisotopic (exact) mass is 326 g/mol. The number of halogens is 1. The molecule has 3 heteroatoms. The molecule has 0 bridgehead atoms. The van der Waals surface area contributed by atoms with E-state index in [0.717, 1.165) is 24.1 Å². The number of benzene rings is 1. The molecule has 19 heavy (non-hydrogen) atoms. The van der Waals surface area contributed by atoms with Gasteiger partial charge in [-0.25, -0.2) is 0 Å². The van der Waals surface area contributed by atoms with Crippen LogP contribution in [-0.2, 0) is 0 Å². The Balaban J connectivity index is 3.08. The van der Waals surface area contributed by atoms with Gasteiger partial charge in [0, 0.05) is 29.3 Å². The highest BCUT2D eigenvalue weighted by Gasteiger charge is 2.14. The molecule has 0 aliphatic rings. The van der Waals surface area contributed by atoms with Crippen molar-refractivity contribution in [3.8, 4) is 0 Å². The number of hydrogen-bond donors (Lipinski definition) is 1. The Hall–Kier alpha value is -0.540. The van der Waals surface area contributed by atoms with Gasteiger partial charge in [0.15, 0.2) is 0 Å². The summed E-state index contributed by atoms with van der Waals surface area (Å²) in [4.78, 5) is 2.51. The molecule has 1 N–H and O–H groups in total. The molecule has 1 aromatic carbocycles. The Labute approximate surface area is 126 Å². The lowest BCUT2D eigenvalue weighted by atomic mass is 10.0. The zero-order valence-corrected chi connectivity index (χ0v) is 14.3. The summed E-state index contributed by atoms with van der Waals surface area (Å²) in [6, 6.07) is 7.03. The van der Waals surface area contributed by atoms with E-state index in [1.165, 1.54) is 24.1 Å². The summed E-state index contributed by atoms with van der Waals surface area (Å²) in [5.74, 6) is 0. The van der Waals surface area contributed by atoms with Gasteiger partial charge in [0.1, 0.15) is 0 Å². The quantitative estimate of drug-likeness (QED) is 0.741. The molecule has 2 nitrogen and oxygen atoms in total. The smallest absolute Gasteiger partial charge is 0.0415 e. The molecule has 0 amide bonds. The largest absolute Gasteiger partial charge is 0.371 e. The van der Waals surface area contributed by atoms with Crippen LogP contribution >= 0.6 is 15.9 Å². The third-order valence-corrected chi connectivity index (χ3v) is 3.79. The van der Waals surface area contributed by atoms with Crippen molar-refractivity contribution >= 4 is 21.6 Å². The summed E-state index contributed by atoms with van der Waals surface area (Å²) < 4.78 is 1.16. The van der Waals surface area contributed by atoms with Gasteiger partial charge in [0.05, 0.1) is 0 Å². The third-order valence-electron chi connectivity index (χ3n) is 3.29. The maximum Gasteiger partial charge on any atom is 0.0415 e. The third kappa shape index (κ3) is 4.81. The molecule has 0 aliphatic carbocycles. The van der Waals surface area contributed by atoms with Crippen LogP contribution in [-0.4, -0.2) is 19.6 Å². The molecule has 0 saturated heterocycles. The molecule has 0 spiro atoms. The Morgan fingerprint density at radius 1 is 1.16 bits per heavy atom. The van der Waals surface area contributed by atoms with Crippen LogP contribution in [0.15, 0.2) is 22.7 Å². The Morgan fingerprint density at radius 3 is 2.32 bits per heavy atom. The maximum atomic E-state index is 3.60. The SMILES string of the molecule is CCCN(CCC)c1ccc(Br)cc1C(C)NCC. The lowest BCUT2D eigenvalue weighted by Crippen LogP contribution is -2.28. The van der Waals surface area contributed by atoms with Gasteiger partial charge in [-0.15, -0.1) is 0 Å². The molecular formula is C16H27BrN2. The first kappa shape index (κ1) is 16.5. The average molecular weight is 327 g/mol. The van der Waals surface area contributed by atoms with Crippen molar-refractivity contribution in [1.29, 1.82) is 0 Å². The minimum Gasteiger partial charge on any atom is -0.371 e. The van der Waals surface area contributed by atoms with Gasteiger partial charge in [-0.3, -0.25) is 0 Å². The summed E-state index contributed by atoms with van der Waals surface area (Å²) in [7, 11) is 0. The van der Waals surface area contributed by atoms with Crippen LogP contribution in [0.5, 0.6) is 0 Å². The molecule has 0 heterocycles. The molecule has 0 aromatic heterocycles. The number of nitrogens with zero attached hydrogens (tertiary/aromatic N) is 1. The van der Waals surface area contributed by atoms with E-state index >= 15 is 0 Å². The van der Waals surface area contributed by atoms with Crippen molar-refractivity contribution < 1.29 is 0 Å². The molecule has 0 radical (unpaired) electrons. The molecule has 108 valence electrons. The van der Waals surface area contributed by atoms with E-state index in [1.807, 2.05) is 0 Å². The highest BCUT2D eigenvalue weighted by atomic mass is 79.9. The average Bonchev–Trinajstić information content (AvgIpc) is 2.39. The van der Waals surface area contributed by atoms with Gasteiger partial charge < -0.3 is 10.2 Å². The molecule has 0 saturated carbocycles. The fourth-order valence-electron chi connectivity index (χ4n) is 2.47. The van der Waals surface area contributed by atoms with E-state index in [-0.39, 0.29) is 0 Å². The standard InChI is InChI=1S/C16H27BrN2/c1-5-10-19(11-6-2)16-9-8-14(17)12-15(16)13(4)18-7-3/h8-9,12-13,18H,5-7,10-11H2,1-4H3. The highest BCUT2D eigenvalue weighted by Crippen LogP contribution is 2.30. The Kier molecular flexibility index (Phi) is 7.47. The minimum absolute atomic E-state index is 0.383. The Bertz CT molecular complexity index is 373. The van der Waals surface area contributed by atoms with Crippen LogP contribution in [0, 0.1) is 0 Å². The molecule has 1 unspecified atom stereocenters. The van der Waals surface area contributed by atoms with Crippen LogP contribution in [0.3, 0.4) is 0 Å². The molecule has 0 fully saturated rings. The zero-order valence-electron chi connectivity index (χ0n) is 12.7. The summed E-state index contributed by atoms with van der Waals surface area (Å²) in [5, 5.41) is 3.52. The molecule has 1 aromatic rings. The second kappa shape index (κ2) is 8.60. The first-order valence-electron chi connectivity index (χ1n) is 7.41. The fraction of sp³-hybridized carbons (Fsp3) is 0.625. The second-order valence-corrected chi connectivity index (χ2v) is 5.89. The number of hydrogen-bond acceptors (Lipinski definition) is 2. The topological polar surface area (TPSA) is 15.3 Å². The molecular weight excluding hydrogens is 300 g/mol. The van der Waals surface area contributed by atoms with Gasteiger partial charge in [-0.1, -0.05) is 36.7 Å². The molecule has 0 aliphatic heterocycles. The van der Waals surface area contributed by atoms with Crippen molar-refractivity contribution in [2.24, 2.45) is 0 Å². The second-order valence-electron chi connectivity index (χ2n) is 4.97. The van der Waals surface area contributed by atoms with Crippen molar-refractivity contribution in [2.75, 3.05) is 24.5 Å². The summed E-state index contributed by atoms with van der Waals surface area (Å²) in [6.07, 6.45) is 2.37. The van der Waals surface area contributed by atoms with E-state index in [9.17, 15) is 0 Å². The van der Waals surface area contributed by atoms with Crippen LogP contribution in [0.4, 0.5) is 5.69 Å². The van der Waals surface area contributed by atoms with Gasteiger partial charge in [0.2, 0.25) is 0 Å². The summed E-state index contributed by atoms with van der Waals surface area (Å²) in [5.41, 5.74) is 2.76. The van der Waals surface area contributed by atoms with Crippen LogP contribution in [0.2, 0.25) is 0 Å². The van der Waals surface area contributed by atoms with Crippen molar-refractivity contribution in [3.05, 3.63) is 28.2 Å². The van der Waals surface area contributed by atoms with E-state index in [1.54, 1.807) is 0 Å². The van der Waals surface area contributed by atoms with Gasteiger partial charge >= 0.3 is 0 Å². The number of rotatable bonds is 8. The van der Waals surface area contributed by atoms with Crippen molar-refractivity contribution in [3.63, 3.8) is 0 Å². The molecule has 1 rings (SSSR count). The van der Waals surface area contributed by atoms with E-state index in [2.05, 4.69) is 72.0 Å². The number of anilines is 1. The highest BCUT2D eigenvalue weighted by molar-refractivity contribution is 9.10. The van der Waals surface area contributed by atoms with Gasteiger partial charge in [-0.2, -0.15) is 0 Å². The van der Waals surface area contributed by atoms with Crippen molar-refractivity contribution in [1.82, 2.24) is 5.32 Å². The van der Waals surface area contributed by atoms with Gasteiger partial charge in [-0.05, 0) is 50.1 Å². The lowest BCUT2D eigenvalue weighted by molar-refractivity contribution is 0.594. The maximum absolute atomic E-state index is 3.60. The summed E-state index contributed by atoms with van der Waals surface area (Å²) >= 11 is 3.60. The predicted octanol–water partition coefficient (Wildman–Crippen LogP) is 4.75. The van der Waals surface area contributed by atoms with Crippen molar-refractivity contribution in [2.45, 2.75) is 46.6 Å². The summed E-state index contributed by atoms with van der Waals surface area (Å²) in [6.45, 7) is 12.1. The minimum atomic E-state index is 0.383. The first-order chi connectivity index (χ1) is 9.13. The van der Waals surface area contributed by atoms with Gasteiger partial charge in [0.25, 0.3) is 0 Å². The predicted molar refractivity (Wildman–Crippen MR) is 89.0 cm³/mol. The Morgan fingerprint density at radius 2 is 1.79 bits per heavy atom. The molecule has 1 atom stereocenters. The zero-order chi connectivity index (χ0) is 14.3. The van der Waals surface area contributed by atoms with E-state index in [0.29, 0.717) is 6.04 Å². The fourth-order valence-corrected chi connectivity index (χ4v) is 2.85. The number of nitrogens with one attached hydrogen (secondary N) is 1.